The van der Waals surface area contributed by atoms with Crippen LogP contribution in [-0.2, 0) is 10.0 Å². The van der Waals surface area contributed by atoms with Crippen molar-refractivity contribution in [1.29, 1.82) is 0 Å². The van der Waals surface area contributed by atoms with Crippen LogP contribution in [0.15, 0.2) is 0 Å². The van der Waals surface area contributed by atoms with E-state index in [-0.39, 0.29) is 5.75 Å². The van der Waals surface area contributed by atoms with Crippen molar-refractivity contribution < 1.29 is 8.42 Å². The maximum Gasteiger partial charge on any atom is 0.213 e. The molecule has 0 saturated carbocycles. The molecule has 0 bridgehead atoms. The zero-order valence-electron chi connectivity index (χ0n) is 10.3. The van der Waals surface area contributed by atoms with Gasteiger partial charge >= 0.3 is 0 Å². The molecule has 1 aliphatic rings. The number of nitrogens with zero attached hydrogens (tertiary/aromatic N) is 2. The van der Waals surface area contributed by atoms with Crippen LogP contribution in [0.3, 0.4) is 0 Å². The molecule has 0 aliphatic carbocycles. The Labute approximate surface area is 98.8 Å². The fourth-order valence-electron chi connectivity index (χ4n) is 1.78. The minimum atomic E-state index is -3.02. The first-order chi connectivity index (χ1) is 7.52. The second-order valence-corrected chi connectivity index (χ2v) is 6.70. The van der Waals surface area contributed by atoms with Gasteiger partial charge in [0.2, 0.25) is 10.0 Å². The van der Waals surface area contributed by atoms with E-state index in [2.05, 4.69) is 10.2 Å². The number of hydrogen-bond donors (Lipinski definition) is 1. The van der Waals surface area contributed by atoms with Gasteiger partial charge in [0.25, 0.3) is 0 Å². The lowest BCUT2D eigenvalue weighted by atomic mass is 10.3. The average Bonchev–Trinajstić information content (AvgIpc) is 2.46. The first-order valence-corrected chi connectivity index (χ1v) is 7.46. The van der Waals surface area contributed by atoms with Crippen LogP contribution in [0.1, 0.15) is 12.8 Å². The molecule has 0 atom stereocenters. The van der Waals surface area contributed by atoms with Crippen LogP contribution in [0.5, 0.6) is 0 Å². The Bertz CT molecular complexity index is 282. The monoisotopic (exact) mass is 249 g/mol. The maximum atomic E-state index is 11.5. The van der Waals surface area contributed by atoms with Gasteiger partial charge in [0.1, 0.15) is 0 Å². The zero-order chi connectivity index (χ0) is 12.0. The highest BCUT2D eigenvalue weighted by Crippen LogP contribution is 2.01. The molecular weight excluding hydrogens is 226 g/mol. The van der Waals surface area contributed by atoms with Crippen LogP contribution < -0.4 is 5.32 Å². The van der Waals surface area contributed by atoms with E-state index in [1.807, 2.05) is 0 Å². The fraction of sp³-hybridized carbons (Fsp3) is 1.00. The SMILES string of the molecule is CN(C)S(=O)(=O)CCCN1CCCNCC1. The summed E-state index contributed by atoms with van der Waals surface area (Å²) in [7, 11) is 0.160. The standard InChI is InChI=1S/C10H23N3O2S/c1-12(2)16(14,15)10-4-8-13-7-3-5-11-6-9-13/h11H,3-10H2,1-2H3. The molecule has 0 unspecified atom stereocenters. The van der Waals surface area contributed by atoms with E-state index in [9.17, 15) is 8.42 Å². The smallest absolute Gasteiger partial charge is 0.213 e. The Kier molecular flexibility index (Phi) is 5.68. The number of rotatable bonds is 5. The van der Waals surface area contributed by atoms with Gasteiger partial charge in [-0.15, -0.1) is 0 Å². The highest BCUT2D eigenvalue weighted by atomic mass is 32.2. The van der Waals surface area contributed by atoms with Gasteiger partial charge < -0.3 is 10.2 Å². The predicted molar refractivity (Wildman–Crippen MR) is 66.0 cm³/mol. The summed E-state index contributed by atoms with van der Waals surface area (Å²) in [5, 5.41) is 3.33. The molecule has 16 heavy (non-hydrogen) atoms. The van der Waals surface area contributed by atoms with Crippen molar-refractivity contribution in [1.82, 2.24) is 14.5 Å². The van der Waals surface area contributed by atoms with E-state index >= 15 is 0 Å². The van der Waals surface area contributed by atoms with Gasteiger partial charge in [-0.1, -0.05) is 0 Å². The molecule has 1 heterocycles. The molecule has 6 heteroatoms. The molecule has 1 saturated heterocycles. The highest BCUT2D eigenvalue weighted by molar-refractivity contribution is 7.89. The summed E-state index contributed by atoms with van der Waals surface area (Å²) in [5.41, 5.74) is 0. The molecule has 1 N–H and O–H groups in total. The lowest BCUT2D eigenvalue weighted by molar-refractivity contribution is 0.293. The molecule has 1 fully saturated rings. The van der Waals surface area contributed by atoms with Crippen LogP contribution in [0.2, 0.25) is 0 Å². The summed E-state index contributed by atoms with van der Waals surface area (Å²) >= 11 is 0. The molecule has 96 valence electrons. The maximum absolute atomic E-state index is 11.5. The van der Waals surface area contributed by atoms with E-state index in [4.69, 9.17) is 0 Å². The van der Waals surface area contributed by atoms with Crippen molar-refractivity contribution in [2.45, 2.75) is 12.8 Å². The van der Waals surface area contributed by atoms with Gasteiger partial charge in [0.05, 0.1) is 5.75 Å². The van der Waals surface area contributed by atoms with Crippen LogP contribution in [-0.4, -0.2) is 70.2 Å². The van der Waals surface area contributed by atoms with Crippen molar-refractivity contribution in [2.24, 2.45) is 0 Å². The summed E-state index contributed by atoms with van der Waals surface area (Å²) in [5.74, 6) is 0.254. The van der Waals surface area contributed by atoms with E-state index in [1.165, 1.54) is 4.31 Å². The molecule has 5 nitrogen and oxygen atoms in total. The third-order valence-corrected chi connectivity index (χ3v) is 4.78. The van der Waals surface area contributed by atoms with Crippen LogP contribution in [0.4, 0.5) is 0 Å². The summed E-state index contributed by atoms with van der Waals surface area (Å²) < 4.78 is 24.4. The van der Waals surface area contributed by atoms with Crippen LogP contribution >= 0.6 is 0 Å². The molecule has 0 spiro atoms. The van der Waals surface area contributed by atoms with E-state index in [0.717, 1.165) is 45.6 Å². The Hall–Kier alpha value is -0.170. The largest absolute Gasteiger partial charge is 0.315 e. The van der Waals surface area contributed by atoms with Gasteiger partial charge in [-0.25, -0.2) is 12.7 Å². The second-order valence-electron chi connectivity index (χ2n) is 4.40. The van der Waals surface area contributed by atoms with E-state index < -0.39 is 10.0 Å². The highest BCUT2D eigenvalue weighted by Gasteiger charge is 2.14. The Morgan fingerprint density at radius 2 is 2.00 bits per heavy atom. The summed E-state index contributed by atoms with van der Waals surface area (Å²) in [6, 6.07) is 0. The van der Waals surface area contributed by atoms with Gasteiger partial charge in [0.15, 0.2) is 0 Å². The first kappa shape index (κ1) is 13.9. The van der Waals surface area contributed by atoms with E-state index in [1.54, 1.807) is 14.1 Å². The molecular formula is C10H23N3O2S. The Morgan fingerprint density at radius 1 is 1.25 bits per heavy atom. The molecule has 0 aromatic heterocycles. The minimum Gasteiger partial charge on any atom is -0.315 e. The molecule has 0 radical (unpaired) electrons. The van der Waals surface area contributed by atoms with Gasteiger partial charge in [-0.3, -0.25) is 0 Å². The van der Waals surface area contributed by atoms with Crippen molar-refractivity contribution in [3.05, 3.63) is 0 Å². The molecule has 0 aromatic carbocycles. The summed E-state index contributed by atoms with van der Waals surface area (Å²) in [6.45, 7) is 5.08. The minimum absolute atomic E-state index is 0.254. The normalized spacial score (nSPS) is 19.9. The van der Waals surface area contributed by atoms with Gasteiger partial charge in [-0.05, 0) is 32.5 Å². The van der Waals surface area contributed by atoms with Crippen molar-refractivity contribution >= 4 is 10.0 Å². The lowest BCUT2D eigenvalue weighted by Gasteiger charge is -2.19. The molecule has 1 aliphatic heterocycles. The Morgan fingerprint density at radius 3 is 2.69 bits per heavy atom. The summed E-state index contributed by atoms with van der Waals surface area (Å²) in [4.78, 5) is 2.34. The van der Waals surface area contributed by atoms with Crippen molar-refractivity contribution in [3.8, 4) is 0 Å². The number of sulfonamides is 1. The van der Waals surface area contributed by atoms with Crippen LogP contribution in [0.25, 0.3) is 0 Å². The zero-order valence-corrected chi connectivity index (χ0v) is 11.1. The molecule has 1 rings (SSSR count). The topological polar surface area (TPSA) is 52.7 Å². The third-order valence-electron chi connectivity index (χ3n) is 2.87. The molecule has 0 aromatic rings. The Balaban J connectivity index is 2.24. The fourth-order valence-corrected chi connectivity index (χ4v) is 2.64. The lowest BCUT2D eigenvalue weighted by Crippen LogP contribution is -2.32. The number of hydrogen-bond acceptors (Lipinski definition) is 4. The first-order valence-electron chi connectivity index (χ1n) is 5.85. The summed E-state index contributed by atoms with van der Waals surface area (Å²) in [6.07, 6.45) is 1.88. The van der Waals surface area contributed by atoms with Crippen molar-refractivity contribution in [3.63, 3.8) is 0 Å². The van der Waals surface area contributed by atoms with Gasteiger partial charge in [-0.2, -0.15) is 0 Å². The van der Waals surface area contributed by atoms with Gasteiger partial charge in [0, 0.05) is 27.2 Å². The third kappa shape index (κ3) is 4.78. The molecule has 0 amide bonds. The number of nitrogens with one attached hydrogen (secondary N) is 1. The predicted octanol–water partition coefficient (Wildman–Crippen LogP) is -0.437. The van der Waals surface area contributed by atoms with Crippen molar-refractivity contribution in [2.75, 3.05) is 52.6 Å². The van der Waals surface area contributed by atoms with Crippen LogP contribution in [0, 0.1) is 0 Å². The van der Waals surface area contributed by atoms with E-state index in [0.29, 0.717) is 0 Å². The average molecular weight is 249 g/mol. The quantitative estimate of drug-likeness (QED) is 0.718. The second kappa shape index (κ2) is 6.54.